The van der Waals surface area contributed by atoms with Crippen LogP contribution in [0.15, 0.2) is 66.7 Å². The summed E-state index contributed by atoms with van der Waals surface area (Å²) in [6.45, 7) is 2.47. The molecule has 0 bridgehead atoms. The third-order valence-corrected chi connectivity index (χ3v) is 7.16. The Kier molecular flexibility index (Phi) is 12.2. The number of ether oxygens (including phenoxy) is 1. The van der Waals surface area contributed by atoms with Gasteiger partial charge in [0, 0.05) is 31.1 Å². The highest BCUT2D eigenvalue weighted by molar-refractivity contribution is 5.97. The van der Waals surface area contributed by atoms with Gasteiger partial charge >= 0.3 is 18.1 Å². The fraction of sp³-hybridized carbons (Fsp3) is 0.344. The molecule has 0 aliphatic carbocycles. The molecule has 1 fully saturated rings. The van der Waals surface area contributed by atoms with Gasteiger partial charge in [-0.05, 0) is 18.9 Å². The molecule has 1 aliphatic heterocycles. The van der Waals surface area contributed by atoms with Crippen molar-refractivity contribution in [3.8, 4) is 11.4 Å². The number of carboxylic acid groups (broad SMARTS) is 2. The first kappa shape index (κ1) is 34.3. The molecular formula is C32H36N6O9. The summed E-state index contributed by atoms with van der Waals surface area (Å²) in [6, 6.07) is 17.2. The number of carbonyl (C=O) groups is 5. The first-order valence-corrected chi connectivity index (χ1v) is 15.0. The molecule has 4 N–H and O–H groups in total. The Hall–Kier alpha value is -5.57. The molecule has 0 spiro atoms. The molecule has 0 saturated carbocycles. The minimum Gasteiger partial charge on any atom is -0.481 e. The van der Waals surface area contributed by atoms with Crippen LogP contribution in [0, 0.1) is 0 Å². The number of rotatable bonds is 14. The van der Waals surface area contributed by atoms with Gasteiger partial charge in [-0.1, -0.05) is 60.7 Å². The maximum Gasteiger partial charge on any atom is 0.527 e. The van der Waals surface area contributed by atoms with Crippen molar-refractivity contribution in [3.05, 3.63) is 78.0 Å². The average Bonchev–Trinajstić information content (AvgIpc) is 3.06. The maximum atomic E-state index is 13.7. The third kappa shape index (κ3) is 10.2. The smallest absolute Gasteiger partial charge is 0.481 e. The second kappa shape index (κ2) is 16.7. The number of amides is 2. The topological polar surface area (TPSA) is 201 Å². The molecule has 2 heterocycles. The summed E-state index contributed by atoms with van der Waals surface area (Å²) in [6.07, 6.45) is -1.70. The van der Waals surface area contributed by atoms with Crippen LogP contribution < -0.4 is 10.6 Å². The molecule has 2 atom stereocenters. The molecule has 0 unspecified atom stereocenters. The molecule has 1 aromatic heterocycles. The average molecular weight is 649 g/mol. The van der Waals surface area contributed by atoms with E-state index in [1.165, 1.54) is 16.0 Å². The van der Waals surface area contributed by atoms with Crippen LogP contribution in [-0.4, -0.2) is 98.9 Å². The number of aliphatic carboxylic acids is 2. The molecule has 47 heavy (non-hydrogen) atoms. The number of benzene rings is 2. The van der Waals surface area contributed by atoms with E-state index in [9.17, 15) is 34.2 Å². The molecule has 1 aliphatic rings. The van der Waals surface area contributed by atoms with Gasteiger partial charge in [0.1, 0.15) is 17.6 Å². The summed E-state index contributed by atoms with van der Waals surface area (Å²) in [5, 5.41) is 26.0. The molecule has 248 valence electrons. The molecule has 3 aromatic rings. The minimum absolute atomic E-state index is 0.121. The lowest BCUT2D eigenvalue weighted by Crippen LogP contribution is -2.55. The van der Waals surface area contributed by atoms with Crippen molar-refractivity contribution in [2.24, 2.45) is 0 Å². The molecule has 2 aromatic carbocycles. The Balaban J connectivity index is 1.57. The Morgan fingerprint density at radius 3 is 2.17 bits per heavy atom. The fourth-order valence-corrected chi connectivity index (χ4v) is 4.87. The van der Waals surface area contributed by atoms with Gasteiger partial charge in [0.05, 0.1) is 32.2 Å². The summed E-state index contributed by atoms with van der Waals surface area (Å²) < 4.78 is 4.78. The highest BCUT2D eigenvalue weighted by Gasteiger charge is 2.31. The van der Waals surface area contributed by atoms with Crippen LogP contribution in [0.2, 0.25) is 0 Å². The molecule has 4 rings (SSSR count). The standard InChI is InChI=1S/C32H36N6O9/c1-2-46-32(45)47-38-17-15-37(16-18-38)31(44)23(13-14-27(39)40)35-30(43)25-19-26(36-29(34-25)22-11-7-4-8-12-22)33-24(20-28(41)42)21-9-5-3-6-10-21/h3-12,19,23-24H,2,13-18,20H2,1H3,(H,35,43)(H,39,40)(H,41,42)(H,33,34,36)/t23-,24+/m0/s1. The van der Waals surface area contributed by atoms with Crippen molar-refractivity contribution in [3.63, 3.8) is 0 Å². The predicted octanol–water partition coefficient (Wildman–Crippen LogP) is 2.97. The third-order valence-electron chi connectivity index (χ3n) is 7.16. The molecular weight excluding hydrogens is 612 g/mol. The number of piperazine rings is 1. The Morgan fingerprint density at radius 2 is 1.55 bits per heavy atom. The van der Waals surface area contributed by atoms with Crippen molar-refractivity contribution in [2.45, 2.75) is 38.3 Å². The summed E-state index contributed by atoms with van der Waals surface area (Å²) in [5.74, 6) is -3.10. The summed E-state index contributed by atoms with van der Waals surface area (Å²) in [7, 11) is 0. The van der Waals surface area contributed by atoms with E-state index in [1.807, 2.05) is 0 Å². The van der Waals surface area contributed by atoms with E-state index in [0.29, 0.717) is 11.1 Å². The van der Waals surface area contributed by atoms with E-state index in [1.54, 1.807) is 67.6 Å². The fourth-order valence-electron chi connectivity index (χ4n) is 4.87. The van der Waals surface area contributed by atoms with Crippen molar-refractivity contribution in [1.82, 2.24) is 25.2 Å². The van der Waals surface area contributed by atoms with E-state index in [4.69, 9.17) is 9.57 Å². The van der Waals surface area contributed by atoms with Gasteiger partial charge in [0.2, 0.25) is 5.91 Å². The van der Waals surface area contributed by atoms with Crippen molar-refractivity contribution >= 4 is 35.7 Å². The number of aromatic nitrogens is 2. The number of carbonyl (C=O) groups excluding carboxylic acids is 3. The molecule has 15 nitrogen and oxygen atoms in total. The van der Waals surface area contributed by atoms with Gasteiger partial charge < -0.3 is 35.3 Å². The van der Waals surface area contributed by atoms with Crippen molar-refractivity contribution < 1.29 is 43.8 Å². The van der Waals surface area contributed by atoms with Crippen LogP contribution >= 0.6 is 0 Å². The number of hydroxylamine groups is 2. The van der Waals surface area contributed by atoms with Crippen LogP contribution in [0.1, 0.15) is 48.3 Å². The zero-order valence-electron chi connectivity index (χ0n) is 25.7. The lowest BCUT2D eigenvalue weighted by Gasteiger charge is -2.35. The zero-order valence-corrected chi connectivity index (χ0v) is 25.7. The van der Waals surface area contributed by atoms with Gasteiger partial charge in [-0.15, -0.1) is 5.06 Å². The lowest BCUT2D eigenvalue weighted by molar-refractivity contribution is -0.157. The summed E-state index contributed by atoms with van der Waals surface area (Å²) >= 11 is 0. The Labute approximate surface area is 270 Å². The van der Waals surface area contributed by atoms with Gasteiger partial charge in [-0.3, -0.25) is 19.2 Å². The second-order valence-electron chi connectivity index (χ2n) is 10.5. The van der Waals surface area contributed by atoms with E-state index < -0.39 is 42.0 Å². The second-order valence-corrected chi connectivity index (χ2v) is 10.5. The summed E-state index contributed by atoms with van der Waals surface area (Å²) in [5.41, 5.74) is 1.15. The highest BCUT2D eigenvalue weighted by atomic mass is 16.8. The van der Waals surface area contributed by atoms with Crippen LogP contribution in [-0.2, 0) is 24.0 Å². The highest BCUT2D eigenvalue weighted by Crippen LogP contribution is 2.25. The van der Waals surface area contributed by atoms with Crippen LogP contribution in [0.4, 0.5) is 10.6 Å². The molecule has 0 radical (unpaired) electrons. The zero-order chi connectivity index (χ0) is 33.8. The number of nitrogens with zero attached hydrogens (tertiary/aromatic N) is 4. The van der Waals surface area contributed by atoms with E-state index in [0.717, 1.165) is 0 Å². The predicted molar refractivity (Wildman–Crippen MR) is 167 cm³/mol. The number of anilines is 1. The van der Waals surface area contributed by atoms with Crippen LogP contribution in [0.3, 0.4) is 0 Å². The van der Waals surface area contributed by atoms with Crippen molar-refractivity contribution in [2.75, 3.05) is 38.1 Å². The Morgan fingerprint density at radius 1 is 0.894 bits per heavy atom. The van der Waals surface area contributed by atoms with E-state index in [-0.39, 0.29) is 69.4 Å². The number of hydrogen-bond donors (Lipinski definition) is 4. The van der Waals surface area contributed by atoms with Gasteiger partial charge in [0.25, 0.3) is 5.91 Å². The van der Waals surface area contributed by atoms with Crippen molar-refractivity contribution in [1.29, 1.82) is 0 Å². The SMILES string of the molecule is CCOC(=O)ON1CCN(C(=O)[C@H](CCC(=O)O)NC(=O)c2cc(N[C@H](CC(=O)O)c3ccccc3)nc(-c3ccccc3)n2)CC1. The normalized spacial score (nSPS) is 14.4. The van der Waals surface area contributed by atoms with E-state index >= 15 is 0 Å². The largest absolute Gasteiger partial charge is 0.527 e. The Bertz CT molecular complexity index is 1550. The monoisotopic (exact) mass is 648 g/mol. The number of hydrogen-bond acceptors (Lipinski definition) is 11. The number of carboxylic acids is 2. The van der Waals surface area contributed by atoms with Crippen LogP contribution in [0.5, 0.6) is 0 Å². The lowest BCUT2D eigenvalue weighted by atomic mass is 10.0. The van der Waals surface area contributed by atoms with Crippen LogP contribution in [0.25, 0.3) is 11.4 Å². The minimum atomic E-state index is -1.20. The first-order chi connectivity index (χ1) is 22.6. The van der Waals surface area contributed by atoms with Gasteiger partial charge in [-0.2, -0.15) is 0 Å². The van der Waals surface area contributed by atoms with Gasteiger partial charge in [-0.25, -0.2) is 14.8 Å². The summed E-state index contributed by atoms with van der Waals surface area (Å²) in [4.78, 5) is 77.5. The quantitative estimate of drug-likeness (QED) is 0.186. The van der Waals surface area contributed by atoms with E-state index in [2.05, 4.69) is 20.6 Å². The molecule has 1 saturated heterocycles. The number of nitrogens with one attached hydrogen (secondary N) is 2. The van der Waals surface area contributed by atoms with Gasteiger partial charge in [0.15, 0.2) is 5.82 Å². The first-order valence-electron chi connectivity index (χ1n) is 15.0. The maximum absolute atomic E-state index is 13.7. The molecule has 2 amide bonds. The molecule has 15 heteroatoms.